The van der Waals surface area contributed by atoms with Gasteiger partial charge in [-0.05, 0) is 12.8 Å². The normalized spacial score (nSPS) is 13.8. The second-order valence-electron chi connectivity index (χ2n) is 2.91. The molecular formula is C9H17NO2. The fourth-order valence-electron chi connectivity index (χ4n) is 0.659. The molecule has 0 radical (unpaired) electrons. The summed E-state index contributed by atoms with van der Waals surface area (Å²) in [5, 5.41) is 0. The summed E-state index contributed by atoms with van der Waals surface area (Å²) in [6.45, 7) is 6.18. The maximum absolute atomic E-state index is 11.0. The summed E-state index contributed by atoms with van der Waals surface area (Å²) in [5.41, 5.74) is 5.49. The third kappa shape index (κ3) is 4.91. The van der Waals surface area contributed by atoms with Crippen LogP contribution in [0.4, 0.5) is 0 Å². The molecule has 0 fully saturated rings. The van der Waals surface area contributed by atoms with Crippen molar-refractivity contribution in [1.82, 2.24) is 0 Å². The van der Waals surface area contributed by atoms with Crippen LogP contribution in [0.2, 0.25) is 0 Å². The maximum atomic E-state index is 11.0. The van der Waals surface area contributed by atoms with Gasteiger partial charge in [-0.25, -0.2) is 0 Å². The lowest BCUT2D eigenvalue weighted by Crippen LogP contribution is -2.30. The zero-order chi connectivity index (χ0) is 9.56. The van der Waals surface area contributed by atoms with Gasteiger partial charge in [0.1, 0.15) is 6.04 Å². The minimum absolute atomic E-state index is 0.366. The first-order chi connectivity index (χ1) is 5.57. The van der Waals surface area contributed by atoms with Crippen molar-refractivity contribution in [3.8, 4) is 0 Å². The van der Waals surface area contributed by atoms with Crippen LogP contribution in [0.25, 0.3) is 0 Å². The second kappa shape index (κ2) is 5.77. The molecule has 0 amide bonds. The fourth-order valence-corrected chi connectivity index (χ4v) is 0.659. The Kier molecular flexibility index (Phi) is 5.37. The zero-order valence-corrected chi connectivity index (χ0v) is 7.91. The summed E-state index contributed by atoms with van der Waals surface area (Å²) in [6, 6.07) is -0.618. The van der Waals surface area contributed by atoms with Gasteiger partial charge in [0.2, 0.25) is 0 Å². The highest BCUT2D eigenvalue weighted by Crippen LogP contribution is 1.96. The van der Waals surface area contributed by atoms with Crippen molar-refractivity contribution >= 4 is 5.97 Å². The first kappa shape index (κ1) is 11.2. The molecule has 70 valence electrons. The summed E-state index contributed by atoms with van der Waals surface area (Å²) in [4.78, 5) is 11.0. The molecule has 0 bridgehead atoms. The molecule has 1 unspecified atom stereocenters. The molecule has 0 saturated carbocycles. The minimum Gasteiger partial charge on any atom is -0.465 e. The second-order valence-corrected chi connectivity index (χ2v) is 2.91. The van der Waals surface area contributed by atoms with E-state index in [1.807, 2.05) is 19.9 Å². The van der Waals surface area contributed by atoms with E-state index in [9.17, 15) is 4.79 Å². The molecule has 12 heavy (non-hydrogen) atoms. The van der Waals surface area contributed by atoms with Crippen molar-refractivity contribution in [3.63, 3.8) is 0 Å². The van der Waals surface area contributed by atoms with Crippen molar-refractivity contribution < 1.29 is 9.53 Å². The van der Waals surface area contributed by atoms with Crippen molar-refractivity contribution in [2.24, 2.45) is 11.7 Å². The molecular weight excluding hydrogens is 154 g/mol. The van der Waals surface area contributed by atoms with Gasteiger partial charge in [-0.2, -0.15) is 0 Å². The van der Waals surface area contributed by atoms with E-state index in [1.54, 1.807) is 13.0 Å². The van der Waals surface area contributed by atoms with Gasteiger partial charge >= 0.3 is 5.97 Å². The Hall–Kier alpha value is -0.830. The molecule has 3 heteroatoms. The molecule has 1 atom stereocenters. The van der Waals surface area contributed by atoms with Crippen LogP contribution in [0.3, 0.4) is 0 Å². The van der Waals surface area contributed by atoms with Gasteiger partial charge in [0.15, 0.2) is 0 Å². The number of hydrogen-bond acceptors (Lipinski definition) is 3. The molecule has 0 aromatic heterocycles. The Morgan fingerprint density at radius 1 is 1.50 bits per heavy atom. The first-order valence-electron chi connectivity index (χ1n) is 4.18. The van der Waals surface area contributed by atoms with Gasteiger partial charge in [-0.15, -0.1) is 0 Å². The van der Waals surface area contributed by atoms with E-state index in [1.165, 1.54) is 0 Å². The standard InChI is InChI=1S/C9H17NO2/c1-4-12-9(11)8(10)6-5-7(2)3/h5-8H,4,10H2,1-3H3/b6-5+. The van der Waals surface area contributed by atoms with Crippen molar-refractivity contribution in [2.45, 2.75) is 26.8 Å². The number of esters is 1. The van der Waals surface area contributed by atoms with Crippen LogP contribution in [0.15, 0.2) is 12.2 Å². The molecule has 0 aromatic carbocycles. The Balaban J connectivity index is 3.86. The predicted molar refractivity (Wildman–Crippen MR) is 48.6 cm³/mol. The molecule has 0 spiro atoms. The highest BCUT2D eigenvalue weighted by Gasteiger charge is 2.09. The summed E-state index contributed by atoms with van der Waals surface area (Å²) in [5.74, 6) is 0.0416. The Morgan fingerprint density at radius 2 is 2.08 bits per heavy atom. The number of allylic oxidation sites excluding steroid dienone is 1. The average Bonchev–Trinajstić information content (AvgIpc) is 2.00. The van der Waals surface area contributed by atoms with E-state index in [4.69, 9.17) is 10.5 Å². The van der Waals surface area contributed by atoms with Crippen LogP contribution < -0.4 is 5.73 Å². The van der Waals surface area contributed by atoms with E-state index in [-0.39, 0.29) is 5.97 Å². The molecule has 0 aliphatic heterocycles. The van der Waals surface area contributed by atoms with E-state index in [2.05, 4.69) is 0 Å². The Bertz CT molecular complexity index is 164. The summed E-state index contributed by atoms with van der Waals surface area (Å²) >= 11 is 0. The highest BCUT2D eigenvalue weighted by atomic mass is 16.5. The Labute approximate surface area is 73.6 Å². The Morgan fingerprint density at radius 3 is 2.50 bits per heavy atom. The fraction of sp³-hybridized carbons (Fsp3) is 0.667. The zero-order valence-electron chi connectivity index (χ0n) is 7.91. The van der Waals surface area contributed by atoms with Gasteiger partial charge in [0.25, 0.3) is 0 Å². The first-order valence-corrected chi connectivity index (χ1v) is 4.18. The molecule has 0 aliphatic rings. The SMILES string of the molecule is CCOC(=O)C(N)/C=C/C(C)C. The van der Waals surface area contributed by atoms with Gasteiger partial charge in [-0.1, -0.05) is 26.0 Å². The van der Waals surface area contributed by atoms with Gasteiger partial charge in [0.05, 0.1) is 6.61 Å². The van der Waals surface area contributed by atoms with E-state index in [0.29, 0.717) is 12.5 Å². The van der Waals surface area contributed by atoms with Crippen LogP contribution in [0, 0.1) is 5.92 Å². The number of carbonyl (C=O) groups excluding carboxylic acids is 1. The van der Waals surface area contributed by atoms with Crippen molar-refractivity contribution in [2.75, 3.05) is 6.61 Å². The molecule has 2 N–H and O–H groups in total. The number of rotatable bonds is 4. The number of nitrogens with two attached hydrogens (primary N) is 1. The quantitative estimate of drug-likeness (QED) is 0.509. The lowest BCUT2D eigenvalue weighted by molar-refractivity contribution is -0.143. The van der Waals surface area contributed by atoms with Crippen LogP contribution in [-0.2, 0) is 9.53 Å². The molecule has 3 nitrogen and oxygen atoms in total. The molecule has 0 aromatic rings. The number of hydrogen-bond donors (Lipinski definition) is 1. The van der Waals surface area contributed by atoms with Crippen molar-refractivity contribution in [3.05, 3.63) is 12.2 Å². The number of ether oxygens (including phenoxy) is 1. The van der Waals surface area contributed by atoms with Crippen LogP contribution >= 0.6 is 0 Å². The van der Waals surface area contributed by atoms with Gasteiger partial charge in [-0.3, -0.25) is 4.79 Å². The lowest BCUT2D eigenvalue weighted by Gasteiger charge is -2.05. The van der Waals surface area contributed by atoms with Crippen LogP contribution in [0.1, 0.15) is 20.8 Å². The van der Waals surface area contributed by atoms with E-state index < -0.39 is 6.04 Å². The minimum atomic E-state index is -0.618. The largest absolute Gasteiger partial charge is 0.465 e. The lowest BCUT2D eigenvalue weighted by atomic mass is 10.1. The summed E-state index contributed by atoms with van der Waals surface area (Å²) in [6.07, 6.45) is 3.56. The van der Waals surface area contributed by atoms with E-state index in [0.717, 1.165) is 0 Å². The molecule has 0 aliphatic carbocycles. The monoisotopic (exact) mass is 171 g/mol. The van der Waals surface area contributed by atoms with Gasteiger partial charge in [0, 0.05) is 0 Å². The smallest absolute Gasteiger partial charge is 0.326 e. The van der Waals surface area contributed by atoms with Gasteiger partial charge < -0.3 is 10.5 Å². The highest BCUT2D eigenvalue weighted by molar-refractivity contribution is 5.77. The van der Waals surface area contributed by atoms with Crippen molar-refractivity contribution in [1.29, 1.82) is 0 Å². The van der Waals surface area contributed by atoms with E-state index >= 15 is 0 Å². The number of carbonyl (C=O) groups is 1. The third-order valence-corrected chi connectivity index (χ3v) is 1.26. The maximum Gasteiger partial charge on any atom is 0.326 e. The van der Waals surface area contributed by atoms with Crippen LogP contribution in [0.5, 0.6) is 0 Å². The topological polar surface area (TPSA) is 52.3 Å². The molecule has 0 rings (SSSR count). The summed E-state index contributed by atoms with van der Waals surface area (Å²) < 4.78 is 4.72. The summed E-state index contributed by atoms with van der Waals surface area (Å²) in [7, 11) is 0. The predicted octanol–water partition coefficient (Wildman–Crippen LogP) is 1.09. The average molecular weight is 171 g/mol. The van der Waals surface area contributed by atoms with Crippen LogP contribution in [-0.4, -0.2) is 18.6 Å². The molecule has 0 heterocycles. The molecule has 0 saturated heterocycles. The third-order valence-electron chi connectivity index (χ3n) is 1.26.